The molecule has 104 valence electrons. The van der Waals surface area contributed by atoms with Gasteiger partial charge in [0.15, 0.2) is 6.10 Å². The van der Waals surface area contributed by atoms with Crippen LogP contribution < -0.4 is 10.6 Å². The van der Waals surface area contributed by atoms with E-state index in [9.17, 15) is 9.59 Å². The van der Waals surface area contributed by atoms with Gasteiger partial charge in [0.05, 0.1) is 6.54 Å². The van der Waals surface area contributed by atoms with Crippen molar-refractivity contribution in [3.63, 3.8) is 0 Å². The summed E-state index contributed by atoms with van der Waals surface area (Å²) < 4.78 is 0. The van der Waals surface area contributed by atoms with E-state index >= 15 is 0 Å². The fourth-order valence-electron chi connectivity index (χ4n) is 2.16. The average Bonchev–Trinajstić information content (AvgIpc) is 2.36. The predicted octanol–water partition coefficient (Wildman–Crippen LogP) is -0.426. The molecule has 0 aliphatic carbocycles. The van der Waals surface area contributed by atoms with Crippen LogP contribution in [0.4, 0.5) is 0 Å². The lowest BCUT2D eigenvalue weighted by atomic mass is 9.74. The Balaban J connectivity index is 2.50. The van der Waals surface area contributed by atoms with Crippen LogP contribution in [0.2, 0.25) is 0 Å². The van der Waals surface area contributed by atoms with Crippen molar-refractivity contribution >= 4 is 11.9 Å². The number of carbonyl (C=O) groups excluding carboxylic acids is 1. The number of carboxylic acids is 1. The summed E-state index contributed by atoms with van der Waals surface area (Å²) in [6.45, 7) is 5.23. The van der Waals surface area contributed by atoms with Crippen molar-refractivity contribution < 1.29 is 19.8 Å². The van der Waals surface area contributed by atoms with Crippen molar-refractivity contribution in [2.45, 2.75) is 32.8 Å². The molecule has 0 aromatic heterocycles. The van der Waals surface area contributed by atoms with Crippen LogP contribution in [0.3, 0.4) is 0 Å². The number of amides is 1. The minimum atomic E-state index is -1.55. The molecule has 1 amide bonds. The van der Waals surface area contributed by atoms with Crippen LogP contribution in [0.1, 0.15) is 26.7 Å². The normalized spacial score (nSPS) is 22.3. The van der Waals surface area contributed by atoms with E-state index < -0.39 is 17.5 Å². The van der Waals surface area contributed by atoms with Crippen LogP contribution in [0, 0.1) is 11.3 Å². The second-order valence-corrected chi connectivity index (χ2v) is 5.33. The highest BCUT2D eigenvalue weighted by Gasteiger charge is 2.37. The molecule has 18 heavy (non-hydrogen) atoms. The van der Waals surface area contributed by atoms with Crippen molar-refractivity contribution in [1.82, 2.24) is 10.6 Å². The Kier molecular flexibility index (Phi) is 5.10. The van der Waals surface area contributed by atoms with Crippen molar-refractivity contribution in [2.24, 2.45) is 11.3 Å². The molecule has 0 saturated carbocycles. The number of hydrogen-bond acceptors (Lipinski definition) is 4. The number of piperidine rings is 1. The molecule has 0 bridgehead atoms. The third-order valence-corrected chi connectivity index (χ3v) is 3.64. The number of hydrogen-bond donors (Lipinski definition) is 4. The molecule has 1 aliphatic heterocycles. The summed E-state index contributed by atoms with van der Waals surface area (Å²) in [4.78, 5) is 22.5. The standard InChI is InChI=1S/C12H22N2O4/c1-12(2,8-4-3-5-13-6-8)11(18)14-7-9(15)10(16)17/h8-9,13,15H,3-7H2,1-2H3,(H,14,18)(H,16,17)/t8?,9-/m0/s1. The fraction of sp³-hybridized carbons (Fsp3) is 0.833. The molecule has 1 unspecified atom stereocenters. The number of rotatable bonds is 5. The Morgan fingerprint density at radius 3 is 2.67 bits per heavy atom. The number of nitrogens with one attached hydrogen (secondary N) is 2. The summed E-state index contributed by atoms with van der Waals surface area (Å²) in [6.07, 6.45) is 0.475. The summed E-state index contributed by atoms with van der Waals surface area (Å²) in [5.74, 6) is -1.31. The first kappa shape index (κ1) is 14.9. The molecular formula is C12H22N2O4. The SMILES string of the molecule is CC(C)(C(=O)NC[C@H](O)C(=O)O)C1CCCNC1. The van der Waals surface area contributed by atoms with Gasteiger partial charge in [0.1, 0.15) is 0 Å². The van der Waals surface area contributed by atoms with E-state index in [0.29, 0.717) is 0 Å². The van der Waals surface area contributed by atoms with Gasteiger partial charge in [0.25, 0.3) is 0 Å². The molecule has 1 aliphatic rings. The summed E-state index contributed by atoms with van der Waals surface area (Å²) in [5, 5.41) is 23.4. The van der Waals surface area contributed by atoms with Crippen molar-refractivity contribution in [2.75, 3.05) is 19.6 Å². The Bertz CT molecular complexity index is 311. The van der Waals surface area contributed by atoms with E-state index in [-0.39, 0.29) is 18.4 Å². The van der Waals surface area contributed by atoms with Gasteiger partial charge in [0, 0.05) is 5.41 Å². The minimum Gasteiger partial charge on any atom is -0.479 e. The topological polar surface area (TPSA) is 98.7 Å². The molecule has 0 radical (unpaired) electrons. The summed E-state index contributed by atoms with van der Waals surface area (Å²) in [5.41, 5.74) is -0.564. The van der Waals surface area contributed by atoms with Gasteiger partial charge in [-0.1, -0.05) is 13.8 Å². The maximum Gasteiger partial charge on any atom is 0.334 e. The lowest BCUT2D eigenvalue weighted by molar-refractivity contribution is -0.146. The van der Waals surface area contributed by atoms with Gasteiger partial charge in [0.2, 0.25) is 5.91 Å². The van der Waals surface area contributed by atoms with Gasteiger partial charge in [-0.15, -0.1) is 0 Å². The predicted molar refractivity (Wildman–Crippen MR) is 66.0 cm³/mol. The van der Waals surface area contributed by atoms with Crippen LogP contribution in [0.5, 0.6) is 0 Å². The number of carbonyl (C=O) groups is 2. The third-order valence-electron chi connectivity index (χ3n) is 3.64. The minimum absolute atomic E-state index is 0.212. The van der Waals surface area contributed by atoms with Gasteiger partial charge in [-0.05, 0) is 31.8 Å². The van der Waals surface area contributed by atoms with E-state index in [2.05, 4.69) is 10.6 Å². The van der Waals surface area contributed by atoms with Crippen molar-refractivity contribution in [3.8, 4) is 0 Å². The molecule has 1 heterocycles. The Morgan fingerprint density at radius 2 is 2.17 bits per heavy atom. The Hall–Kier alpha value is -1.14. The van der Waals surface area contributed by atoms with Crippen molar-refractivity contribution in [1.29, 1.82) is 0 Å². The van der Waals surface area contributed by atoms with Crippen LogP contribution in [-0.4, -0.2) is 47.8 Å². The van der Waals surface area contributed by atoms with Crippen LogP contribution >= 0.6 is 0 Å². The molecule has 6 nitrogen and oxygen atoms in total. The Labute approximate surface area is 107 Å². The summed E-state index contributed by atoms with van der Waals surface area (Å²) in [7, 11) is 0. The van der Waals surface area contributed by atoms with E-state index in [1.807, 2.05) is 13.8 Å². The summed E-state index contributed by atoms with van der Waals surface area (Å²) >= 11 is 0. The second kappa shape index (κ2) is 6.15. The van der Waals surface area contributed by atoms with Gasteiger partial charge < -0.3 is 20.8 Å². The zero-order valence-corrected chi connectivity index (χ0v) is 10.9. The Morgan fingerprint density at radius 1 is 1.50 bits per heavy atom. The number of aliphatic hydroxyl groups is 1. The molecular weight excluding hydrogens is 236 g/mol. The van der Waals surface area contributed by atoms with Gasteiger partial charge in [-0.2, -0.15) is 0 Å². The zero-order valence-electron chi connectivity index (χ0n) is 10.9. The maximum atomic E-state index is 12.0. The lowest BCUT2D eigenvalue weighted by Gasteiger charge is -2.36. The van der Waals surface area contributed by atoms with E-state index in [4.69, 9.17) is 10.2 Å². The number of aliphatic carboxylic acids is 1. The molecule has 0 aromatic rings. The first-order valence-corrected chi connectivity index (χ1v) is 6.25. The highest BCUT2D eigenvalue weighted by atomic mass is 16.4. The molecule has 2 atom stereocenters. The smallest absolute Gasteiger partial charge is 0.334 e. The quantitative estimate of drug-likeness (QED) is 0.536. The molecule has 1 saturated heterocycles. The first-order chi connectivity index (χ1) is 8.35. The molecule has 0 spiro atoms. The molecule has 4 N–H and O–H groups in total. The summed E-state index contributed by atoms with van der Waals surface area (Å²) in [6, 6.07) is 0. The molecule has 1 fully saturated rings. The van der Waals surface area contributed by atoms with Crippen LogP contribution in [0.15, 0.2) is 0 Å². The average molecular weight is 258 g/mol. The van der Waals surface area contributed by atoms with Gasteiger partial charge in [-0.25, -0.2) is 4.79 Å². The highest BCUT2D eigenvalue weighted by molar-refractivity contribution is 5.83. The first-order valence-electron chi connectivity index (χ1n) is 6.25. The van der Waals surface area contributed by atoms with Gasteiger partial charge in [-0.3, -0.25) is 4.79 Å². The maximum absolute atomic E-state index is 12.0. The molecule has 0 aromatic carbocycles. The van der Waals surface area contributed by atoms with Crippen LogP contribution in [0.25, 0.3) is 0 Å². The molecule has 6 heteroatoms. The van der Waals surface area contributed by atoms with E-state index in [0.717, 1.165) is 25.9 Å². The second-order valence-electron chi connectivity index (χ2n) is 5.33. The van der Waals surface area contributed by atoms with E-state index in [1.165, 1.54) is 0 Å². The fourth-order valence-corrected chi connectivity index (χ4v) is 2.16. The largest absolute Gasteiger partial charge is 0.479 e. The number of carboxylic acid groups (broad SMARTS) is 1. The molecule has 1 rings (SSSR count). The van der Waals surface area contributed by atoms with Gasteiger partial charge >= 0.3 is 5.97 Å². The monoisotopic (exact) mass is 258 g/mol. The van der Waals surface area contributed by atoms with Crippen molar-refractivity contribution in [3.05, 3.63) is 0 Å². The highest BCUT2D eigenvalue weighted by Crippen LogP contribution is 2.31. The van der Waals surface area contributed by atoms with Crippen LogP contribution in [-0.2, 0) is 9.59 Å². The zero-order chi connectivity index (χ0) is 13.8. The third kappa shape index (κ3) is 3.68. The number of aliphatic hydroxyl groups excluding tert-OH is 1. The van der Waals surface area contributed by atoms with E-state index in [1.54, 1.807) is 0 Å². The lowest BCUT2D eigenvalue weighted by Crippen LogP contribution is -2.49.